The number of hydrogen-bond acceptors (Lipinski definition) is 4. The summed E-state index contributed by atoms with van der Waals surface area (Å²) in [7, 11) is 0. The van der Waals surface area contributed by atoms with Crippen molar-refractivity contribution in [3.05, 3.63) is 33.8 Å². The Hall–Kier alpha value is -2.30. The van der Waals surface area contributed by atoms with Gasteiger partial charge in [0, 0.05) is 22.2 Å². The number of benzene rings is 1. The van der Waals surface area contributed by atoms with Crippen molar-refractivity contribution in [2.45, 2.75) is 18.9 Å². The van der Waals surface area contributed by atoms with Crippen LogP contribution >= 0.6 is 23.2 Å². The number of urea groups is 1. The molecule has 0 bridgehead atoms. The van der Waals surface area contributed by atoms with Crippen LogP contribution in [0.4, 0.5) is 4.79 Å². The minimum Gasteiger partial charge on any atom is -0.354 e. The van der Waals surface area contributed by atoms with Gasteiger partial charge in [-0.3, -0.25) is 14.5 Å². The normalized spacial score (nSPS) is 19.8. The lowest BCUT2D eigenvalue weighted by Crippen LogP contribution is -2.43. The third-order valence-corrected chi connectivity index (χ3v) is 4.15. The van der Waals surface area contributed by atoms with Crippen LogP contribution in [0.2, 0.25) is 10.0 Å². The van der Waals surface area contributed by atoms with Crippen LogP contribution in [0, 0.1) is 11.3 Å². The molecule has 0 aliphatic carbocycles. The predicted octanol–water partition coefficient (Wildman–Crippen LogP) is 1.79. The molecular weight excluding hydrogens is 355 g/mol. The van der Waals surface area contributed by atoms with Crippen LogP contribution < -0.4 is 10.6 Å². The van der Waals surface area contributed by atoms with Gasteiger partial charge in [-0.2, -0.15) is 5.26 Å². The fraction of sp³-hybridized carbons (Fsp3) is 0.333. The number of rotatable bonds is 5. The lowest BCUT2D eigenvalue weighted by atomic mass is 9.92. The molecule has 9 heteroatoms. The maximum Gasteiger partial charge on any atom is 0.325 e. The third-order valence-electron chi connectivity index (χ3n) is 3.61. The summed E-state index contributed by atoms with van der Waals surface area (Å²) in [6.07, 6.45) is 0.143. The predicted molar refractivity (Wildman–Crippen MR) is 87.3 cm³/mol. The van der Waals surface area contributed by atoms with Crippen molar-refractivity contribution >= 4 is 41.0 Å². The first-order valence-corrected chi connectivity index (χ1v) is 7.78. The maximum absolute atomic E-state index is 12.7. The van der Waals surface area contributed by atoms with Crippen molar-refractivity contribution in [2.24, 2.45) is 0 Å². The molecule has 0 spiro atoms. The summed E-state index contributed by atoms with van der Waals surface area (Å²) in [4.78, 5) is 37.4. The van der Waals surface area contributed by atoms with Gasteiger partial charge in [0.2, 0.25) is 5.91 Å². The largest absolute Gasteiger partial charge is 0.354 e. The second-order valence-electron chi connectivity index (χ2n) is 5.33. The Morgan fingerprint density at radius 2 is 2.12 bits per heavy atom. The lowest BCUT2D eigenvalue weighted by molar-refractivity contribution is -0.134. The van der Waals surface area contributed by atoms with E-state index in [0.29, 0.717) is 10.6 Å². The molecule has 1 unspecified atom stereocenters. The SMILES string of the molecule is CC1(c2ccc(Cl)cc2Cl)NC(=O)N(CC(=O)NCCC#N)C1=O. The van der Waals surface area contributed by atoms with Crippen LogP contribution in [-0.2, 0) is 15.1 Å². The van der Waals surface area contributed by atoms with Crippen LogP contribution in [0.5, 0.6) is 0 Å². The van der Waals surface area contributed by atoms with Gasteiger partial charge >= 0.3 is 6.03 Å². The molecule has 1 atom stereocenters. The zero-order valence-corrected chi connectivity index (χ0v) is 14.2. The van der Waals surface area contributed by atoms with Gasteiger partial charge in [-0.15, -0.1) is 0 Å². The van der Waals surface area contributed by atoms with Crippen molar-refractivity contribution < 1.29 is 14.4 Å². The quantitative estimate of drug-likeness (QED) is 0.610. The van der Waals surface area contributed by atoms with Gasteiger partial charge in [-0.05, 0) is 19.1 Å². The molecule has 2 rings (SSSR count). The molecule has 0 aromatic heterocycles. The molecule has 1 aliphatic heterocycles. The standard InChI is InChI=1S/C15H14Cl2N4O3/c1-15(10-4-3-9(16)7-11(10)17)13(23)21(14(24)20-15)8-12(22)19-6-2-5-18/h3-4,7H,2,6,8H2,1H3,(H,19,22)(H,20,24). The summed E-state index contributed by atoms with van der Waals surface area (Å²) >= 11 is 12.0. The van der Waals surface area contributed by atoms with Crippen LogP contribution in [0.1, 0.15) is 18.9 Å². The van der Waals surface area contributed by atoms with Crippen LogP contribution in [0.25, 0.3) is 0 Å². The second kappa shape index (κ2) is 7.07. The number of hydrogen-bond donors (Lipinski definition) is 2. The van der Waals surface area contributed by atoms with Gasteiger partial charge in [0.1, 0.15) is 12.1 Å². The number of halogens is 2. The van der Waals surface area contributed by atoms with Crippen molar-refractivity contribution in [3.63, 3.8) is 0 Å². The summed E-state index contributed by atoms with van der Waals surface area (Å²) in [5.41, 5.74) is -0.995. The van der Waals surface area contributed by atoms with Gasteiger partial charge in [0.05, 0.1) is 12.5 Å². The summed E-state index contributed by atoms with van der Waals surface area (Å²) in [5.74, 6) is -1.12. The summed E-state index contributed by atoms with van der Waals surface area (Å²) in [5, 5.41) is 14.1. The molecule has 1 aromatic rings. The molecule has 126 valence electrons. The molecule has 1 aliphatic rings. The highest BCUT2D eigenvalue weighted by Crippen LogP contribution is 2.34. The van der Waals surface area contributed by atoms with E-state index in [1.807, 2.05) is 6.07 Å². The molecule has 2 N–H and O–H groups in total. The van der Waals surface area contributed by atoms with Gasteiger partial charge in [-0.1, -0.05) is 29.3 Å². The Bertz CT molecular complexity index is 747. The molecule has 1 aromatic carbocycles. The number of nitriles is 1. The van der Waals surface area contributed by atoms with E-state index in [4.69, 9.17) is 28.5 Å². The summed E-state index contributed by atoms with van der Waals surface area (Å²) < 4.78 is 0. The molecule has 1 heterocycles. The zero-order valence-electron chi connectivity index (χ0n) is 12.7. The van der Waals surface area contributed by atoms with E-state index >= 15 is 0 Å². The Balaban J connectivity index is 2.18. The average molecular weight is 369 g/mol. The molecular formula is C15H14Cl2N4O3. The fourth-order valence-corrected chi connectivity index (χ4v) is 2.97. The first kappa shape index (κ1) is 18.0. The number of imide groups is 1. The van der Waals surface area contributed by atoms with Crippen molar-refractivity contribution in [2.75, 3.05) is 13.1 Å². The molecule has 1 fully saturated rings. The smallest absolute Gasteiger partial charge is 0.325 e. The lowest BCUT2D eigenvalue weighted by Gasteiger charge is -2.23. The zero-order chi connectivity index (χ0) is 17.9. The van der Waals surface area contributed by atoms with Gasteiger partial charge in [0.15, 0.2) is 0 Å². The molecule has 4 amide bonds. The number of nitrogens with zero attached hydrogens (tertiary/aromatic N) is 2. The summed E-state index contributed by atoms with van der Waals surface area (Å²) in [6.45, 7) is 1.23. The minimum absolute atomic E-state index is 0.143. The number of amides is 4. The Morgan fingerprint density at radius 1 is 1.42 bits per heavy atom. The third kappa shape index (κ3) is 3.45. The van der Waals surface area contributed by atoms with Gasteiger partial charge in [-0.25, -0.2) is 4.79 Å². The van der Waals surface area contributed by atoms with Crippen molar-refractivity contribution in [1.29, 1.82) is 5.26 Å². The van der Waals surface area contributed by atoms with Gasteiger partial charge < -0.3 is 10.6 Å². The highest BCUT2D eigenvalue weighted by atomic mass is 35.5. The highest BCUT2D eigenvalue weighted by Gasteiger charge is 2.50. The molecule has 0 saturated carbocycles. The highest BCUT2D eigenvalue weighted by molar-refractivity contribution is 6.35. The van der Waals surface area contributed by atoms with E-state index in [1.54, 1.807) is 12.1 Å². The van der Waals surface area contributed by atoms with E-state index in [2.05, 4.69) is 10.6 Å². The average Bonchev–Trinajstić information content (AvgIpc) is 2.71. The molecule has 24 heavy (non-hydrogen) atoms. The van der Waals surface area contributed by atoms with Crippen LogP contribution in [-0.4, -0.2) is 35.8 Å². The Labute approximate surface area is 148 Å². The first-order valence-electron chi connectivity index (χ1n) is 7.03. The Kier molecular flexibility index (Phi) is 5.32. The number of carbonyl (C=O) groups excluding carboxylic acids is 3. The molecule has 0 radical (unpaired) electrons. The van der Waals surface area contributed by atoms with E-state index in [-0.39, 0.29) is 18.0 Å². The van der Waals surface area contributed by atoms with E-state index in [0.717, 1.165) is 4.90 Å². The summed E-state index contributed by atoms with van der Waals surface area (Å²) in [6, 6.07) is 5.78. The van der Waals surface area contributed by atoms with Crippen LogP contribution in [0.15, 0.2) is 18.2 Å². The first-order chi connectivity index (χ1) is 11.3. The number of carbonyl (C=O) groups is 3. The Morgan fingerprint density at radius 3 is 2.75 bits per heavy atom. The second-order valence-corrected chi connectivity index (χ2v) is 6.17. The fourth-order valence-electron chi connectivity index (χ4n) is 2.38. The minimum atomic E-state index is -1.38. The molecule has 7 nitrogen and oxygen atoms in total. The monoisotopic (exact) mass is 368 g/mol. The van der Waals surface area contributed by atoms with Gasteiger partial charge in [0.25, 0.3) is 5.91 Å². The maximum atomic E-state index is 12.7. The van der Waals surface area contributed by atoms with Crippen LogP contribution in [0.3, 0.4) is 0 Å². The van der Waals surface area contributed by atoms with E-state index < -0.39 is 29.9 Å². The number of nitrogens with one attached hydrogen (secondary N) is 2. The van der Waals surface area contributed by atoms with Crippen molar-refractivity contribution in [3.8, 4) is 6.07 Å². The van der Waals surface area contributed by atoms with E-state index in [1.165, 1.54) is 13.0 Å². The van der Waals surface area contributed by atoms with E-state index in [9.17, 15) is 14.4 Å². The van der Waals surface area contributed by atoms with Crippen molar-refractivity contribution in [1.82, 2.24) is 15.5 Å². The molecule has 1 saturated heterocycles. The topological polar surface area (TPSA) is 102 Å².